The smallest absolute Gasteiger partial charge is 0.358 e. The van der Waals surface area contributed by atoms with Gasteiger partial charge in [-0.05, 0) is 29.8 Å². The Labute approximate surface area is 171 Å². The van der Waals surface area contributed by atoms with Gasteiger partial charge in [0.2, 0.25) is 0 Å². The molecule has 0 radical (unpaired) electrons. The van der Waals surface area contributed by atoms with E-state index in [9.17, 15) is 4.79 Å². The maximum absolute atomic E-state index is 11.0. The van der Waals surface area contributed by atoms with Crippen LogP contribution in [0.3, 0.4) is 0 Å². The van der Waals surface area contributed by atoms with E-state index >= 15 is 0 Å². The van der Waals surface area contributed by atoms with Crippen molar-refractivity contribution < 1.29 is 19.2 Å². The molecule has 0 unspecified atom stereocenters. The van der Waals surface area contributed by atoms with Gasteiger partial charge in [0.25, 0.3) is 0 Å². The van der Waals surface area contributed by atoms with Crippen molar-refractivity contribution >= 4 is 11.7 Å². The van der Waals surface area contributed by atoms with Gasteiger partial charge in [-0.15, -0.1) is 0 Å². The molecular formula is C22H18N4O4. The maximum atomic E-state index is 11.0. The summed E-state index contributed by atoms with van der Waals surface area (Å²) in [5.41, 5.74) is 2.73. The Bertz CT molecular complexity index is 1210. The van der Waals surface area contributed by atoms with Gasteiger partial charge >= 0.3 is 5.97 Å². The third kappa shape index (κ3) is 3.39. The molecule has 8 nitrogen and oxygen atoms in total. The molecule has 30 heavy (non-hydrogen) atoms. The number of nitrogens with one attached hydrogen (secondary N) is 1. The van der Waals surface area contributed by atoms with E-state index in [2.05, 4.69) is 15.5 Å². The summed E-state index contributed by atoms with van der Waals surface area (Å²) in [5.74, 6) is 1.07. The second-order valence-electron chi connectivity index (χ2n) is 6.99. The second kappa shape index (κ2) is 7.40. The summed E-state index contributed by atoms with van der Waals surface area (Å²) in [6.07, 6.45) is 4.15. The molecule has 1 atom stereocenters. The number of imidazole rings is 1. The number of carboxylic acid groups (broad SMARTS) is 1. The molecule has 0 saturated heterocycles. The number of fused-ring (bicyclic) bond motifs is 3. The normalized spacial score (nSPS) is 14.9. The highest BCUT2D eigenvalue weighted by Gasteiger charge is 2.24. The van der Waals surface area contributed by atoms with E-state index in [1.165, 1.54) is 6.07 Å². The molecule has 2 aromatic carbocycles. The molecule has 1 aliphatic heterocycles. The molecule has 2 aromatic heterocycles. The number of nitrogens with zero attached hydrogens (tertiary/aromatic N) is 3. The van der Waals surface area contributed by atoms with Crippen molar-refractivity contribution in [1.29, 1.82) is 0 Å². The lowest BCUT2D eigenvalue weighted by Gasteiger charge is -2.18. The Morgan fingerprint density at radius 1 is 1.20 bits per heavy atom. The number of aromatic nitrogens is 3. The number of aromatic carboxylic acids is 1. The van der Waals surface area contributed by atoms with E-state index in [-0.39, 0.29) is 11.7 Å². The van der Waals surface area contributed by atoms with E-state index in [0.29, 0.717) is 18.8 Å². The number of anilines is 1. The van der Waals surface area contributed by atoms with Crippen molar-refractivity contribution in [2.45, 2.75) is 12.5 Å². The van der Waals surface area contributed by atoms with Gasteiger partial charge in [0.15, 0.2) is 5.69 Å². The molecule has 0 saturated carbocycles. The largest absolute Gasteiger partial charge is 0.489 e. The van der Waals surface area contributed by atoms with Crippen LogP contribution >= 0.6 is 0 Å². The lowest BCUT2D eigenvalue weighted by molar-refractivity contribution is 0.0685. The Hall–Kier alpha value is -4.07. The lowest BCUT2D eigenvalue weighted by atomic mass is 10.1. The van der Waals surface area contributed by atoms with Gasteiger partial charge in [-0.25, -0.2) is 9.78 Å². The highest BCUT2D eigenvalue weighted by atomic mass is 16.5. The standard InChI is InChI=1S/C22H18N4O4/c27-22(28)17-12-16(30-25-17)11-14-4-3-5-15(10-14)24-18-13-29-20-7-2-1-6-19(20)26-9-8-23-21(18)26/h1-10,12,18,24H,11,13H2,(H,27,28)/t18-/m1/s1. The number of hydrogen-bond donors (Lipinski definition) is 2. The van der Waals surface area contributed by atoms with Gasteiger partial charge < -0.3 is 19.7 Å². The minimum atomic E-state index is -1.11. The third-order valence-electron chi connectivity index (χ3n) is 4.94. The van der Waals surface area contributed by atoms with Crippen LogP contribution in [-0.2, 0) is 6.42 Å². The van der Waals surface area contributed by atoms with Crippen molar-refractivity contribution in [3.63, 3.8) is 0 Å². The Morgan fingerprint density at radius 3 is 2.97 bits per heavy atom. The zero-order valence-electron chi connectivity index (χ0n) is 15.9. The Morgan fingerprint density at radius 2 is 2.10 bits per heavy atom. The fourth-order valence-corrected chi connectivity index (χ4v) is 3.58. The van der Waals surface area contributed by atoms with Gasteiger partial charge in [-0.2, -0.15) is 0 Å². The first-order valence-electron chi connectivity index (χ1n) is 9.47. The van der Waals surface area contributed by atoms with Crippen LogP contribution in [0.15, 0.2) is 71.5 Å². The van der Waals surface area contributed by atoms with Crippen LogP contribution in [-0.4, -0.2) is 32.4 Å². The minimum absolute atomic E-state index is 0.0960. The molecule has 150 valence electrons. The summed E-state index contributed by atoms with van der Waals surface area (Å²) < 4.78 is 13.2. The molecule has 0 amide bonds. The van der Waals surface area contributed by atoms with Crippen LogP contribution in [0.4, 0.5) is 5.69 Å². The number of para-hydroxylation sites is 2. The molecule has 0 aliphatic carbocycles. The maximum Gasteiger partial charge on any atom is 0.358 e. The number of ether oxygens (including phenoxy) is 1. The minimum Gasteiger partial charge on any atom is -0.489 e. The fraction of sp³-hybridized carbons (Fsp3) is 0.136. The summed E-state index contributed by atoms with van der Waals surface area (Å²) >= 11 is 0. The van der Waals surface area contributed by atoms with Crippen LogP contribution in [0.25, 0.3) is 5.69 Å². The molecule has 3 heterocycles. The summed E-state index contributed by atoms with van der Waals surface area (Å²) in [6, 6.07) is 17.0. The average molecular weight is 402 g/mol. The van der Waals surface area contributed by atoms with Crippen molar-refractivity contribution in [1.82, 2.24) is 14.7 Å². The zero-order chi connectivity index (χ0) is 20.5. The predicted molar refractivity (Wildman–Crippen MR) is 108 cm³/mol. The fourth-order valence-electron chi connectivity index (χ4n) is 3.58. The van der Waals surface area contributed by atoms with E-state index in [1.54, 1.807) is 6.20 Å². The van der Waals surface area contributed by atoms with Crippen LogP contribution in [0.5, 0.6) is 5.75 Å². The summed E-state index contributed by atoms with van der Waals surface area (Å²) in [7, 11) is 0. The van der Waals surface area contributed by atoms with Crippen molar-refractivity contribution in [3.8, 4) is 11.4 Å². The molecule has 1 aliphatic rings. The third-order valence-corrected chi connectivity index (χ3v) is 4.94. The van der Waals surface area contributed by atoms with Crippen LogP contribution in [0.1, 0.15) is 33.7 Å². The monoisotopic (exact) mass is 402 g/mol. The van der Waals surface area contributed by atoms with Gasteiger partial charge in [-0.3, -0.25) is 4.57 Å². The first-order chi connectivity index (χ1) is 14.7. The van der Waals surface area contributed by atoms with E-state index < -0.39 is 5.97 Å². The molecule has 8 heteroatoms. The van der Waals surface area contributed by atoms with Crippen LogP contribution < -0.4 is 10.1 Å². The topological polar surface area (TPSA) is 102 Å². The first kappa shape index (κ1) is 18.0. The first-order valence-corrected chi connectivity index (χ1v) is 9.47. The van der Waals surface area contributed by atoms with Crippen molar-refractivity contribution in [2.75, 3.05) is 11.9 Å². The summed E-state index contributed by atoms with van der Waals surface area (Å²) in [4.78, 5) is 15.5. The van der Waals surface area contributed by atoms with Crippen LogP contribution in [0, 0.1) is 0 Å². The van der Waals surface area contributed by atoms with Crippen LogP contribution in [0.2, 0.25) is 0 Å². The SMILES string of the molecule is O=C(O)c1cc(Cc2cccc(N[C@@H]3COc4ccccc4-n4ccnc43)c2)on1. The molecule has 0 fully saturated rings. The Kier molecular flexibility index (Phi) is 4.44. The Balaban J connectivity index is 1.37. The average Bonchev–Trinajstić information content (AvgIpc) is 3.39. The number of carbonyl (C=O) groups is 1. The summed E-state index contributed by atoms with van der Waals surface area (Å²) in [6.45, 7) is 0.433. The van der Waals surface area contributed by atoms with E-state index in [1.807, 2.05) is 59.3 Å². The molecule has 4 aromatic rings. The number of carboxylic acids is 1. The zero-order valence-corrected chi connectivity index (χ0v) is 15.9. The van der Waals surface area contributed by atoms with E-state index in [0.717, 1.165) is 28.5 Å². The number of benzene rings is 2. The highest BCUT2D eigenvalue weighted by Crippen LogP contribution is 2.31. The number of rotatable bonds is 5. The van der Waals surface area contributed by atoms with Crippen molar-refractivity contribution in [3.05, 3.63) is 89.8 Å². The predicted octanol–water partition coefficient (Wildman–Crippen LogP) is 3.69. The lowest BCUT2D eigenvalue weighted by Crippen LogP contribution is -2.20. The summed E-state index contributed by atoms with van der Waals surface area (Å²) in [5, 5.41) is 16.0. The molecular weight excluding hydrogens is 384 g/mol. The molecule has 0 spiro atoms. The quantitative estimate of drug-likeness (QED) is 0.525. The molecule has 5 rings (SSSR count). The van der Waals surface area contributed by atoms with Gasteiger partial charge in [0.05, 0.1) is 5.69 Å². The van der Waals surface area contributed by atoms with E-state index in [4.69, 9.17) is 14.4 Å². The van der Waals surface area contributed by atoms with Gasteiger partial charge in [-0.1, -0.05) is 29.4 Å². The highest BCUT2D eigenvalue weighted by molar-refractivity contribution is 5.85. The molecule has 2 N–H and O–H groups in total. The van der Waals surface area contributed by atoms with Gasteiger partial charge in [0, 0.05) is 30.6 Å². The van der Waals surface area contributed by atoms with Gasteiger partial charge in [0.1, 0.15) is 30.0 Å². The number of hydrogen-bond acceptors (Lipinski definition) is 6. The van der Waals surface area contributed by atoms with Crippen molar-refractivity contribution in [2.24, 2.45) is 0 Å². The second-order valence-corrected chi connectivity index (χ2v) is 6.99. The molecule has 0 bridgehead atoms.